The fourth-order valence-electron chi connectivity index (χ4n) is 6.88. The number of amides is 1. The number of hydrogen-bond acceptors (Lipinski definition) is 13. The molecule has 0 bridgehead atoms. The first kappa shape index (κ1) is 86.3. The van der Waals surface area contributed by atoms with E-state index in [2.05, 4.69) is 55.4 Å². The zero-order valence-corrected chi connectivity index (χ0v) is 56.1. The van der Waals surface area contributed by atoms with Gasteiger partial charge in [0.1, 0.15) is 13.2 Å². The van der Waals surface area contributed by atoms with E-state index in [9.17, 15) is 33.6 Å². The van der Waals surface area contributed by atoms with E-state index in [-0.39, 0.29) is 109 Å². The summed E-state index contributed by atoms with van der Waals surface area (Å²) in [7, 11) is 0. The Balaban J connectivity index is -0.000000222. The second-order valence-electron chi connectivity index (χ2n) is 17.5. The maximum atomic E-state index is 12.6. The van der Waals surface area contributed by atoms with Gasteiger partial charge in [0.2, 0.25) is 0 Å². The second kappa shape index (κ2) is 71.4. The fraction of sp³-hybridized carbons (Fsp3) is 0.797. The van der Waals surface area contributed by atoms with Crippen molar-refractivity contribution in [2.45, 2.75) is 261 Å². The molecule has 0 aliphatic carbocycles. The Hall–Kier alpha value is -2.58. The van der Waals surface area contributed by atoms with Gasteiger partial charge in [-0.05, 0) is 32.1 Å². The molecule has 75 heavy (non-hydrogen) atoms. The molecule has 0 spiro atoms. The maximum absolute atomic E-state index is 12.6. The van der Waals surface area contributed by atoms with E-state index in [1.54, 1.807) is 12.4 Å². The Kier molecular flexibility index (Phi) is 82.2. The average Bonchev–Trinajstić information content (AvgIpc) is 3.37. The number of rotatable bonds is 40. The summed E-state index contributed by atoms with van der Waals surface area (Å²) in [5.74, 6) is -1.30. The first-order chi connectivity index (χ1) is 35.3. The Morgan fingerprint density at radius 3 is 1.25 bits per heavy atom. The number of hydrogen-bond donors (Lipinski definition) is 0. The van der Waals surface area contributed by atoms with Gasteiger partial charge in [-0.15, -0.1) is 0 Å². The predicted octanol–water partition coefficient (Wildman–Crippen LogP) is 13.9. The standard InChI is InChI=1S/C31H51NO9.C11H19O2.C10H19O2.C3H7.2C2H6.U.W/c1-4-6-8-10-12-14-16-29(35)40-21-26(18-30(36)38-17-15-13-11-9-7-5-2)19-31(37)41-23-28-20-27(32(28)24-33)22-39-25(3)34;1-3-4-5-6-7-8-9-13-11(2)10-12;1-3-4-5-6-7-8-9-12-10(2)11;1-3-2;2*1-2;;/h26-28H,3-23H2,1-2H3;2-9H2,1H3;2-9H2,1H3;1,3H2,2H3;2*1-2H3;;/q-2;3*-1;;;+2;. The third-order valence-corrected chi connectivity index (χ3v) is 10.8. The van der Waals surface area contributed by atoms with Crippen LogP contribution in [-0.2, 0) is 83.0 Å². The van der Waals surface area contributed by atoms with Crippen LogP contribution in [0.4, 0.5) is 0 Å². The fourth-order valence-corrected chi connectivity index (χ4v) is 6.88. The summed E-state index contributed by atoms with van der Waals surface area (Å²) >= 11 is 0. The largest absolute Gasteiger partial charge is 2.00 e. The van der Waals surface area contributed by atoms with Gasteiger partial charge in [-0.2, -0.15) is 19.8 Å². The Morgan fingerprint density at radius 1 is 0.520 bits per heavy atom. The first-order valence-electron chi connectivity index (χ1n) is 28.4. The molecule has 1 aliphatic rings. The SMILES string of the molecule is CC.CC.[CH2-]C(=C=O)OCCCCCCCC.[CH2-]C(=O)OCC1CC(COC(=O)CC(COC(=O)CCCCCCCC)CC(=O)OCCCCCCCC)N1[C-]=O.[CH2-]C(=O)OCCCCCCCC.[CH2-]CC.[U+2].[W]. The monoisotopic (exact) mass is 1460 g/mol. The first-order valence-corrected chi connectivity index (χ1v) is 28.4. The number of likely N-dealkylation sites (tertiary alicyclic amines) is 1. The van der Waals surface area contributed by atoms with Gasteiger partial charge in [-0.25, -0.2) is 0 Å². The van der Waals surface area contributed by atoms with Crippen LogP contribution in [0, 0.1) is 64.7 Å². The van der Waals surface area contributed by atoms with Crippen LogP contribution in [0.25, 0.3) is 0 Å². The average molecular weight is 1460 g/mol. The quantitative estimate of drug-likeness (QED) is 0.0141. The molecular formula is C59H108NO13UW-3. The minimum Gasteiger partial charge on any atom is -0.522 e. The van der Waals surface area contributed by atoms with Crippen molar-refractivity contribution in [3.05, 3.63) is 33.5 Å². The van der Waals surface area contributed by atoms with Crippen LogP contribution < -0.4 is 0 Å². The number of ether oxygens (including phenoxy) is 6. The van der Waals surface area contributed by atoms with Crippen molar-refractivity contribution in [2.24, 2.45) is 5.92 Å². The van der Waals surface area contributed by atoms with Gasteiger partial charge in [0.25, 0.3) is 0 Å². The van der Waals surface area contributed by atoms with Crippen molar-refractivity contribution in [2.75, 3.05) is 39.6 Å². The molecule has 3 unspecified atom stereocenters. The van der Waals surface area contributed by atoms with Crippen molar-refractivity contribution in [3.8, 4) is 0 Å². The molecule has 0 aromatic carbocycles. The Bertz CT molecular complexity index is 1320. The molecule has 16 heteroatoms. The van der Waals surface area contributed by atoms with E-state index in [0.29, 0.717) is 32.7 Å². The summed E-state index contributed by atoms with van der Waals surface area (Å²) < 4.78 is 30.6. The van der Waals surface area contributed by atoms with E-state index in [0.717, 1.165) is 77.0 Å². The minimum absolute atomic E-state index is 0. The molecule has 440 valence electrons. The van der Waals surface area contributed by atoms with Gasteiger partial charge in [0.05, 0.1) is 39.3 Å². The Morgan fingerprint density at radius 2 is 0.867 bits per heavy atom. The predicted molar refractivity (Wildman–Crippen MR) is 295 cm³/mol. The van der Waals surface area contributed by atoms with E-state index >= 15 is 0 Å². The van der Waals surface area contributed by atoms with Crippen LogP contribution >= 0.6 is 0 Å². The summed E-state index contributed by atoms with van der Waals surface area (Å²) in [5, 5.41) is 0. The molecule has 1 aliphatic heterocycles. The molecule has 0 aromatic rings. The number of esters is 5. The molecule has 1 saturated heterocycles. The van der Waals surface area contributed by atoms with Gasteiger partial charge in [0, 0.05) is 51.2 Å². The molecule has 0 saturated carbocycles. The van der Waals surface area contributed by atoms with Crippen LogP contribution in [0.1, 0.15) is 249 Å². The summed E-state index contributed by atoms with van der Waals surface area (Å²) in [4.78, 5) is 81.0. The van der Waals surface area contributed by atoms with Crippen LogP contribution in [0.2, 0.25) is 0 Å². The van der Waals surface area contributed by atoms with Gasteiger partial charge in [0.15, 0.2) is 11.9 Å². The number of unbranched alkanes of at least 4 members (excludes halogenated alkanes) is 20. The van der Waals surface area contributed by atoms with E-state index < -0.39 is 29.8 Å². The summed E-state index contributed by atoms with van der Waals surface area (Å²) in [6.45, 7) is 33.2. The minimum atomic E-state index is -0.685. The van der Waals surface area contributed by atoms with Crippen LogP contribution in [0.5, 0.6) is 0 Å². The zero-order valence-electron chi connectivity index (χ0n) is 49.0. The smallest absolute Gasteiger partial charge is 0.522 e. The third kappa shape index (κ3) is 67.5. The van der Waals surface area contributed by atoms with Crippen LogP contribution in [0.3, 0.4) is 0 Å². The molecule has 0 radical (unpaired) electrons. The molecule has 0 aromatic heterocycles. The van der Waals surface area contributed by atoms with Crippen molar-refractivity contribution in [1.82, 2.24) is 4.90 Å². The van der Waals surface area contributed by atoms with Crippen molar-refractivity contribution >= 4 is 42.2 Å². The van der Waals surface area contributed by atoms with Gasteiger partial charge >= 0.3 is 49.0 Å². The Labute approximate surface area is 497 Å². The zero-order chi connectivity index (χ0) is 56.2. The topological polar surface area (TPSA) is 178 Å². The molecule has 3 atom stereocenters. The molecule has 1 heterocycles. The van der Waals surface area contributed by atoms with Gasteiger partial charge < -0.3 is 49.8 Å². The van der Waals surface area contributed by atoms with Gasteiger partial charge in [-0.1, -0.05) is 197 Å². The molecular weight excluding hydrogens is 1350 g/mol. The summed E-state index contributed by atoms with van der Waals surface area (Å²) in [6.07, 6.45) is 30.7. The number of nitrogens with zero attached hydrogens (tertiary/aromatic N) is 1. The molecule has 1 amide bonds. The number of carbonyl (C=O) groups is 5. The molecule has 1 rings (SSSR count). The van der Waals surface area contributed by atoms with Gasteiger partial charge in [-0.3, -0.25) is 37.8 Å². The van der Waals surface area contributed by atoms with E-state index in [1.807, 2.05) is 34.6 Å². The maximum Gasteiger partial charge on any atom is 2.00 e. The molecule has 14 nitrogen and oxygen atoms in total. The van der Waals surface area contributed by atoms with Crippen molar-refractivity contribution < 1.29 is 114 Å². The summed E-state index contributed by atoms with van der Waals surface area (Å²) in [6, 6.07) is -0.706. The number of allylic oxidation sites excluding steroid dienone is 1. The van der Waals surface area contributed by atoms with Crippen molar-refractivity contribution in [1.29, 1.82) is 0 Å². The van der Waals surface area contributed by atoms with E-state index in [1.165, 1.54) is 88.4 Å². The molecule has 0 N–H and O–H groups in total. The third-order valence-electron chi connectivity index (χ3n) is 10.8. The normalized spacial score (nSPS) is 12.7. The second-order valence-corrected chi connectivity index (χ2v) is 17.5. The van der Waals surface area contributed by atoms with Crippen LogP contribution in [-0.4, -0.2) is 98.8 Å². The van der Waals surface area contributed by atoms with Crippen molar-refractivity contribution in [3.63, 3.8) is 0 Å². The summed E-state index contributed by atoms with van der Waals surface area (Å²) in [5.41, 5.74) is 0. The van der Waals surface area contributed by atoms with E-state index in [4.69, 9.17) is 28.4 Å². The number of carbonyl (C=O) groups excluding carboxylic acids is 7. The molecule has 1 fully saturated rings. The van der Waals surface area contributed by atoms with Crippen LogP contribution in [0.15, 0.2) is 5.76 Å².